The molecule has 1 saturated carbocycles. The molecule has 1 aliphatic heterocycles. The number of nitrogens with zero attached hydrogens (tertiary/aromatic N) is 2. The Morgan fingerprint density at radius 1 is 1.42 bits per heavy atom. The average molecular weight is 281 g/mol. The van der Waals surface area contributed by atoms with Gasteiger partial charge in [-0.3, -0.25) is 0 Å². The van der Waals surface area contributed by atoms with Crippen LogP contribution in [0.4, 0.5) is 5.13 Å². The minimum Gasteiger partial charge on any atom is -0.376 e. The molecule has 106 valence electrons. The predicted octanol–water partition coefficient (Wildman–Crippen LogP) is 2.35. The Morgan fingerprint density at radius 3 is 2.79 bits per heavy atom. The Labute approximate surface area is 119 Å². The topological polar surface area (TPSA) is 37.4 Å². The van der Waals surface area contributed by atoms with Crippen molar-refractivity contribution < 1.29 is 4.74 Å². The van der Waals surface area contributed by atoms with Gasteiger partial charge in [-0.05, 0) is 33.2 Å². The highest BCUT2D eigenvalue weighted by atomic mass is 32.1. The smallest absolute Gasteiger partial charge is 0.185 e. The fourth-order valence-electron chi connectivity index (χ4n) is 2.84. The van der Waals surface area contributed by atoms with Gasteiger partial charge in [0, 0.05) is 31.0 Å². The number of hydrogen-bond acceptors (Lipinski definition) is 5. The summed E-state index contributed by atoms with van der Waals surface area (Å²) in [7, 11) is 4.17. The van der Waals surface area contributed by atoms with Crippen molar-refractivity contribution in [1.82, 2.24) is 10.3 Å². The van der Waals surface area contributed by atoms with E-state index in [4.69, 9.17) is 9.72 Å². The van der Waals surface area contributed by atoms with Crippen LogP contribution in [0.5, 0.6) is 0 Å². The van der Waals surface area contributed by atoms with Gasteiger partial charge in [0.05, 0.1) is 17.8 Å². The molecule has 1 N–H and O–H groups in total. The van der Waals surface area contributed by atoms with Crippen LogP contribution in [0.15, 0.2) is 0 Å². The van der Waals surface area contributed by atoms with E-state index in [1.54, 1.807) is 0 Å². The van der Waals surface area contributed by atoms with Gasteiger partial charge in [-0.1, -0.05) is 0 Å². The van der Waals surface area contributed by atoms with E-state index in [9.17, 15) is 0 Å². The normalized spacial score (nSPS) is 26.9. The van der Waals surface area contributed by atoms with Crippen molar-refractivity contribution in [2.45, 2.75) is 50.8 Å². The minimum absolute atomic E-state index is 0.311. The molecule has 2 fully saturated rings. The zero-order chi connectivity index (χ0) is 13.4. The maximum Gasteiger partial charge on any atom is 0.185 e. The van der Waals surface area contributed by atoms with E-state index in [2.05, 4.69) is 24.2 Å². The first-order chi connectivity index (χ1) is 9.20. The van der Waals surface area contributed by atoms with Crippen molar-refractivity contribution in [3.8, 4) is 0 Å². The van der Waals surface area contributed by atoms with Gasteiger partial charge >= 0.3 is 0 Å². The monoisotopic (exact) mass is 281 g/mol. The molecule has 5 heteroatoms. The van der Waals surface area contributed by atoms with Crippen LogP contribution in [0.1, 0.15) is 42.7 Å². The summed E-state index contributed by atoms with van der Waals surface area (Å²) in [4.78, 5) is 8.66. The Kier molecular flexibility index (Phi) is 3.78. The first-order valence-corrected chi connectivity index (χ1v) is 8.01. The van der Waals surface area contributed by atoms with Gasteiger partial charge in [-0.2, -0.15) is 0 Å². The van der Waals surface area contributed by atoms with Gasteiger partial charge in [0.2, 0.25) is 0 Å². The van der Waals surface area contributed by atoms with E-state index >= 15 is 0 Å². The fourth-order valence-corrected chi connectivity index (χ4v) is 4.01. The summed E-state index contributed by atoms with van der Waals surface area (Å²) in [6, 6.07) is 0.473. The summed E-state index contributed by atoms with van der Waals surface area (Å²) in [5, 5.41) is 4.43. The predicted molar refractivity (Wildman–Crippen MR) is 79.1 cm³/mol. The zero-order valence-electron chi connectivity index (χ0n) is 12.0. The average Bonchev–Trinajstić information content (AvgIpc) is 3.02. The number of rotatable bonds is 5. The van der Waals surface area contributed by atoms with Crippen LogP contribution in [0.25, 0.3) is 0 Å². The lowest BCUT2D eigenvalue weighted by atomic mass is 10.1. The highest BCUT2D eigenvalue weighted by Gasteiger charge is 2.33. The lowest BCUT2D eigenvalue weighted by Crippen LogP contribution is -2.36. The molecule has 1 aliphatic carbocycles. The maximum atomic E-state index is 5.68. The van der Waals surface area contributed by atoms with Crippen LogP contribution < -0.4 is 10.2 Å². The molecule has 4 nitrogen and oxygen atoms in total. The van der Waals surface area contributed by atoms with Crippen molar-refractivity contribution in [2.75, 3.05) is 25.6 Å². The molecule has 0 spiro atoms. The zero-order valence-corrected chi connectivity index (χ0v) is 12.8. The second-order valence-corrected chi connectivity index (χ2v) is 6.71. The molecule has 2 atom stereocenters. The first-order valence-electron chi connectivity index (χ1n) is 7.19. The summed E-state index contributed by atoms with van der Waals surface area (Å²) in [5.74, 6) is 0.721. The van der Waals surface area contributed by atoms with Crippen LogP contribution in [-0.4, -0.2) is 37.8 Å². The van der Waals surface area contributed by atoms with Crippen molar-refractivity contribution in [3.05, 3.63) is 10.6 Å². The van der Waals surface area contributed by atoms with Crippen LogP contribution >= 0.6 is 11.3 Å². The molecule has 2 heterocycles. The standard InChI is InChI=1S/C14H23N3OS/c1-9-11(6-7-18-9)17(3)14-16-13(10-4-5-10)12(19-14)8-15-2/h9-11,15H,4-8H2,1-3H3. The molecular weight excluding hydrogens is 258 g/mol. The lowest BCUT2D eigenvalue weighted by Gasteiger charge is -2.26. The molecule has 0 radical (unpaired) electrons. The van der Waals surface area contributed by atoms with Gasteiger partial charge in [0.1, 0.15) is 0 Å². The fraction of sp³-hybridized carbons (Fsp3) is 0.786. The largest absolute Gasteiger partial charge is 0.376 e. The van der Waals surface area contributed by atoms with Crippen molar-refractivity contribution >= 4 is 16.5 Å². The second kappa shape index (κ2) is 5.38. The van der Waals surface area contributed by atoms with Gasteiger partial charge in [-0.25, -0.2) is 4.98 Å². The lowest BCUT2D eigenvalue weighted by molar-refractivity contribution is 0.118. The maximum absolute atomic E-state index is 5.68. The summed E-state index contributed by atoms with van der Waals surface area (Å²) in [5.41, 5.74) is 1.34. The van der Waals surface area contributed by atoms with Gasteiger partial charge < -0.3 is 15.0 Å². The van der Waals surface area contributed by atoms with Crippen LogP contribution in [0, 0.1) is 0 Å². The number of anilines is 1. The molecule has 1 aromatic heterocycles. The third-order valence-corrected chi connectivity index (χ3v) is 5.31. The third-order valence-electron chi connectivity index (χ3n) is 4.15. The Morgan fingerprint density at radius 2 is 2.21 bits per heavy atom. The van der Waals surface area contributed by atoms with Crippen LogP contribution in [0.2, 0.25) is 0 Å². The molecule has 2 unspecified atom stereocenters. The number of aromatic nitrogens is 1. The molecule has 1 aromatic rings. The van der Waals surface area contributed by atoms with Crippen molar-refractivity contribution in [3.63, 3.8) is 0 Å². The van der Waals surface area contributed by atoms with Crippen LogP contribution in [-0.2, 0) is 11.3 Å². The Hall–Kier alpha value is -0.650. The quantitative estimate of drug-likeness (QED) is 0.899. The summed E-state index contributed by atoms with van der Waals surface area (Å²) in [6.45, 7) is 3.98. The summed E-state index contributed by atoms with van der Waals surface area (Å²) in [6.07, 6.45) is 4.04. The van der Waals surface area contributed by atoms with Crippen LogP contribution in [0.3, 0.4) is 0 Å². The van der Waals surface area contributed by atoms with Gasteiger partial charge in [0.25, 0.3) is 0 Å². The minimum atomic E-state index is 0.311. The molecule has 0 bridgehead atoms. The molecule has 1 saturated heterocycles. The number of thiazole rings is 1. The highest BCUT2D eigenvalue weighted by molar-refractivity contribution is 7.15. The van der Waals surface area contributed by atoms with E-state index in [0.29, 0.717) is 12.1 Å². The van der Waals surface area contributed by atoms with Crippen molar-refractivity contribution in [1.29, 1.82) is 0 Å². The van der Waals surface area contributed by atoms with E-state index < -0.39 is 0 Å². The molecule has 0 amide bonds. The third kappa shape index (κ3) is 2.64. The van der Waals surface area contributed by atoms with Crippen molar-refractivity contribution in [2.24, 2.45) is 0 Å². The van der Waals surface area contributed by atoms with E-state index in [1.807, 2.05) is 18.4 Å². The molecule has 2 aliphatic rings. The second-order valence-electron chi connectivity index (χ2n) is 5.65. The SMILES string of the molecule is CNCc1sc(N(C)C2CCOC2C)nc1C1CC1. The van der Waals surface area contributed by atoms with E-state index in [1.165, 1.54) is 23.4 Å². The molecule has 0 aromatic carbocycles. The van der Waals surface area contributed by atoms with E-state index in [0.717, 1.165) is 30.6 Å². The number of hydrogen-bond donors (Lipinski definition) is 1. The van der Waals surface area contributed by atoms with Gasteiger partial charge in [-0.15, -0.1) is 11.3 Å². The van der Waals surface area contributed by atoms with E-state index in [-0.39, 0.29) is 0 Å². The van der Waals surface area contributed by atoms with Gasteiger partial charge in [0.15, 0.2) is 5.13 Å². The first kappa shape index (κ1) is 13.3. The molecular formula is C14H23N3OS. The molecule has 3 rings (SSSR count). The molecule has 19 heavy (non-hydrogen) atoms. The number of likely N-dealkylation sites (N-methyl/N-ethyl adjacent to an activating group) is 1. The Bertz CT molecular complexity index is 444. The number of nitrogens with one attached hydrogen (secondary N) is 1. The number of ether oxygens (including phenoxy) is 1. The highest BCUT2D eigenvalue weighted by Crippen LogP contribution is 2.44. The summed E-state index contributed by atoms with van der Waals surface area (Å²) < 4.78 is 5.68. The Balaban J connectivity index is 1.81. The summed E-state index contributed by atoms with van der Waals surface area (Å²) >= 11 is 1.85.